The molecule has 0 bridgehead atoms. The van der Waals surface area contributed by atoms with E-state index in [2.05, 4.69) is 25.6 Å². The first-order valence-electron chi connectivity index (χ1n) is 5.64. The summed E-state index contributed by atoms with van der Waals surface area (Å²) in [5.74, 6) is 3.49. The Labute approximate surface area is 105 Å². The van der Waals surface area contributed by atoms with Gasteiger partial charge in [0.2, 0.25) is 11.9 Å². The molecule has 1 aromatic heterocycles. The highest BCUT2D eigenvalue weighted by Gasteiger charge is 2.15. The second-order valence-electron chi connectivity index (χ2n) is 3.75. The molecule has 1 aliphatic rings. The van der Waals surface area contributed by atoms with Crippen LogP contribution in [0.2, 0.25) is 0 Å². The van der Waals surface area contributed by atoms with E-state index < -0.39 is 0 Å². The zero-order valence-corrected chi connectivity index (χ0v) is 10.9. The third kappa shape index (κ3) is 3.36. The van der Waals surface area contributed by atoms with Gasteiger partial charge < -0.3 is 15.4 Å². The highest BCUT2D eigenvalue weighted by Crippen LogP contribution is 2.20. The summed E-state index contributed by atoms with van der Waals surface area (Å²) in [4.78, 5) is 12.5. The smallest absolute Gasteiger partial charge is 0.322 e. The van der Waals surface area contributed by atoms with Crippen LogP contribution in [-0.4, -0.2) is 46.7 Å². The first kappa shape index (κ1) is 12.2. The quantitative estimate of drug-likeness (QED) is 0.838. The second-order valence-corrected chi connectivity index (χ2v) is 4.98. The Bertz CT molecular complexity index is 347. The van der Waals surface area contributed by atoms with Gasteiger partial charge in [-0.3, -0.25) is 0 Å². The van der Waals surface area contributed by atoms with Crippen molar-refractivity contribution in [2.75, 3.05) is 36.3 Å². The molecule has 17 heavy (non-hydrogen) atoms. The van der Waals surface area contributed by atoms with E-state index in [1.54, 1.807) is 14.2 Å². The summed E-state index contributed by atoms with van der Waals surface area (Å²) in [6, 6.07) is 0.782. The molecule has 1 saturated heterocycles. The Balaban J connectivity index is 2.07. The van der Waals surface area contributed by atoms with Crippen molar-refractivity contribution in [2.45, 2.75) is 18.9 Å². The highest BCUT2D eigenvalue weighted by molar-refractivity contribution is 7.99. The molecule has 2 heterocycles. The molecule has 94 valence electrons. The average molecular weight is 255 g/mol. The van der Waals surface area contributed by atoms with Gasteiger partial charge in [-0.2, -0.15) is 26.7 Å². The Hall–Kier alpha value is -1.24. The minimum Gasteiger partial charge on any atom is -0.467 e. The van der Waals surface area contributed by atoms with Crippen LogP contribution in [0.15, 0.2) is 0 Å². The van der Waals surface area contributed by atoms with E-state index in [-0.39, 0.29) is 0 Å². The van der Waals surface area contributed by atoms with Crippen molar-refractivity contribution >= 4 is 23.7 Å². The lowest BCUT2D eigenvalue weighted by molar-refractivity contribution is 0.379. The Morgan fingerprint density at radius 1 is 1.18 bits per heavy atom. The fourth-order valence-electron chi connectivity index (χ4n) is 1.65. The maximum Gasteiger partial charge on any atom is 0.322 e. The van der Waals surface area contributed by atoms with Crippen molar-refractivity contribution in [3.63, 3.8) is 0 Å². The maximum atomic E-state index is 5.04. The van der Waals surface area contributed by atoms with E-state index in [1.165, 1.54) is 11.5 Å². The van der Waals surface area contributed by atoms with Crippen LogP contribution in [-0.2, 0) is 0 Å². The number of thioether (sulfide) groups is 1. The van der Waals surface area contributed by atoms with Crippen molar-refractivity contribution in [3.8, 4) is 6.01 Å². The van der Waals surface area contributed by atoms with Crippen LogP contribution in [0, 0.1) is 0 Å². The lowest BCUT2D eigenvalue weighted by Gasteiger charge is -2.22. The molecule has 0 amide bonds. The SMILES string of the molecule is CNc1nc(NC2CCSCC2)nc(OC)n1. The summed E-state index contributed by atoms with van der Waals surface area (Å²) >= 11 is 1.99. The zero-order valence-electron chi connectivity index (χ0n) is 10.1. The van der Waals surface area contributed by atoms with Crippen molar-refractivity contribution in [3.05, 3.63) is 0 Å². The summed E-state index contributed by atoms with van der Waals surface area (Å²) in [5, 5.41) is 6.23. The van der Waals surface area contributed by atoms with Crippen LogP contribution in [0.4, 0.5) is 11.9 Å². The molecule has 0 spiro atoms. The minimum absolute atomic E-state index is 0.331. The predicted molar refractivity (Wildman–Crippen MR) is 69.9 cm³/mol. The topological polar surface area (TPSA) is 72.0 Å². The van der Waals surface area contributed by atoms with E-state index in [4.69, 9.17) is 4.74 Å². The van der Waals surface area contributed by atoms with Gasteiger partial charge in [-0.05, 0) is 24.3 Å². The van der Waals surface area contributed by atoms with Gasteiger partial charge in [-0.15, -0.1) is 0 Å². The second kappa shape index (κ2) is 5.90. The molecule has 0 saturated carbocycles. The number of nitrogens with zero attached hydrogens (tertiary/aromatic N) is 3. The molecular formula is C10H17N5OS. The summed E-state index contributed by atoms with van der Waals surface area (Å²) in [6.07, 6.45) is 2.29. The summed E-state index contributed by atoms with van der Waals surface area (Å²) in [5.41, 5.74) is 0. The molecule has 0 aromatic carbocycles. The van der Waals surface area contributed by atoms with Crippen LogP contribution in [0.5, 0.6) is 6.01 Å². The number of methoxy groups -OCH3 is 1. The summed E-state index contributed by atoms with van der Waals surface area (Å²) in [7, 11) is 3.33. The van der Waals surface area contributed by atoms with E-state index in [9.17, 15) is 0 Å². The molecule has 1 aromatic rings. The number of hydrogen-bond donors (Lipinski definition) is 2. The van der Waals surface area contributed by atoms with Crippen molar-refractivity contribution in [1.82, 2.24) is 15.0 Å². The normalized spacial score (nSPS) is 16.6. The molecule has 0 atom stereocenters. The van der Waals surface area contributed by atoms with E-state index in [0.29, 0.717) is 23.9 Å². The maximum absolute atomic E-state index is 5.04. The molecular weight excluding hydrogens is 238 g/mol. The van der Waals surface area contributed by atoms with Crippen molar-refractivity contribution in [1.29, 1.82) is 0 Å². The Morgan fingerprint density at radius 3 is 2.53 bits per heavy atom. The van der Waals surface area contributed by atoms with Gasteiger partial charge >= 0.3 is 6.01 Å². The van der Waals surface area contributed by atoms with Gasteiger partial charge in [0.15, 0.2) is 0 Å². The van der Waals surface area contributed by atoms with Gasteiger partial charge in [0.1, 0.15) is 0 Å². The van der Waals surface area contributed by atoms with Crippen molar-refractivity contribution < 1.29 is 4.74 Å². The number of aromatic nitrogens is 3. The summed E-state index contributed by atoms with van der Waals surface area (Å²) in [6.45, 7) is 0. The van der Waals surface area contributed by atoms with Gasteiger partial charge in [-0.1, -0.05) is 0 Å². The largest absolute Gasteiger partial charge is 0.467 e. The predicted octanol–water partition coefficient (Wildman–Crippen LogP) is 1.23. The molecule has 0 unspecified atom stereocenters. The van der Waals surface area contributed by atoms with E-state index in [0.717, 1.165) is 12.8 Å². The number of nitrogens with one attached hydrogen (secondary N) is 2. The fraction of sp³-hybridized carbons (Fsp3) is 0.700. The van der Waals surface area contributed by atoms with E-state index >= 15 is 0 Å². The van der Waals surface area contributed by atoms with Crippen molar-refractivity contribution in [2.24, 2.45) is 0 Å². The van der Waals surface area contributed by atoms with Crippen LogP contribution in [0.1, 0.15) is 12.8 Å². The van der Waals surface area contributed by atoms with Crippen LogP contribution in [0.25, 0.3) is 0 Å². The first-order valence-corrected chi connectivity index (χ1v) is 6.79. The van der Waals surface area contributed by atoms with Gasteiger partial charge in [0, 0.05) is 13.1 Å². The third-order valence-corrected chi connectivity index (χ3v) is 3.62. The number of ether oxygens (including phenoxy) is 1. The monoisotopic (exact) mass is 255 g/mol. The van der Waals surface area contributed by atoms with Crippen LogP contribution in [0.3, 0.4) is 0 Å². The standard InChI is InChI=1S/C10H17N5OS/c1-11-8-13-9(15-10(14-8)16-2)12-7-3-5-17-6-4-7/h7H,3-6H2,1-2H3,(H2,11,12,13,14,15). The minimum atomic E-state index is 0.331. The lowest BCUT2D eigenvalue weighted by Crippen LogP contribution is -2.25. The van der Waals surface area contributed by atoms with Gasteiger partial charge in [0.25, 0.3) is 0 Å². The van der Waals surface area contributed by atoms with Crippen LogP contribution >= 0.6 is 11.8 Å². The zero-order chi connectivity index (χ0) is 12.1. The fourth-order valence-corrected chi connectivity index (χ4v) is 2.76. The van der Waals surface area contributed by atoms with E-state index in [1.807, 2.05) is 11.8 Å². The molecule has 2 rings (SSSR count). The lowest BCUT2D eigenvalue weighted by atomic mass is 10.2. The van der Waals surface area contributed by atoms with Gasteiger partial charge in [-0.25, -0.2) is 0 Å². The average Bonchev–Trinajstić information content (AvgIpc) is 2.39. The molecule has 6 nitrogen and oxygen atoms in total. The molecule has 2 N–H and O–H groups in total. The Kier molecular flexibility index (Phi) is 4.24. The summed E-state index contributed by atoms with van der Waals surface area (Å²) < 4.78 is 5.04. The third-order valence-electron chi connectivity index (χ3n) is 2.58. The van der Waals surface area contributed by atoms with Crippen LogP contribution < -0.4 is 15.4 Å². The molecule has 0 aliphatic carbocycles. The number of rotatable bonds is 4. The Morgan fingerprint density at radius 2 is 1.88 bits per heavy atom. The van der Waals surface area contributed by atoms with Gasteiger partial charge in [0.05, 0.1) is 7.11 Å². The number of anilines is 2. The highest BCUT2D eigenvalue weighted by atomic mass is 32.2. The molecule has 0 radical (unpaired) electrons. The first-order chi connectivity index (χ1) is 8.31. The molecule has 1 fully saturated rings. The number of hydrogen-bond acceptors (Lipinski definition) is 7. The molecule has 1 aliphatic heterocycles. The molecule has 7 heteroatoms.